The summed E-state index contributed by atoms with van der Waals surface area (Å²) < 4.78 is 4.70. The van der Waals surface area contributed by atoms with Crippen LogP contribution in [-0.4, -0.2) is 57.7 Å². The molecule has 1 aliphatic rings. The van der Waals surface area contributed by atoms with Crippen molar-refractivity contribution in [2.75, 3.05) is 6.54 Å². The zero-order chi connectivity index (χ0) is 9.30. The van der Waals surface area contributed by atoms with E-state index in [-0.39, 0.29) is 6.54 Å². The molecular weight excluding hydrogens is 166 g/mol. The van der Waals surface area contributed by atoms with E-state index in [1.54, 1.807) is 0 Å². The van der Waals surface area contributed by atoms with Gasteiger partial charge in [-0.15, -0.1) is 0 Å². The Kier molecular flexibility index (Phi) is 2.99. The Bertz CT molecular complexity index is 150. The summed E-state index contributed by atoms with van der Waals surface area (Å²) in [6.45, 7) is -0.0258. The van der Waals surface area contributed by atoms with E-state index < -0.39 is 30.7 Å². The lowest BCUT2D eigenvalue weighted by Gasteiger charge is -2.37. The van der Waals surface area contributed by atoms with Gasteiger partial charge in [0.15, 0.2) is 6.29 Å². The number of aliphatic hydroxyl groups excluding tert-OH is 4. The molecule has 1 rings (SSSR count). The number of hydrogen-bond donors (Lipinski definition) is 5. The minimum Gasteiger partial charge on any atom is -0.388 e. The first-order chi connectivity index (χ1) is 5.57. The number of ether oxygens (including phenoxy) is 1. The van der Waals surface area contributed by atoms with E-state index in [0.717, 1.165) is 0 Å². The van der Waals surface area contributed by atoms with E-state index in [1.807, 2.05) is 0 Å². The largest absolute Gasteiger partial charge is 0.388 e. The lowest BCUT2D eigenvalue weighted by Crippen LogP contribution is -2.59. The predicted molar refractivity (Wildman–Crippen MR) is 38.0 cm³/mol. The van der Waals surface area contributed by atoms with Crippen LogP contribution in [0.15, 0.2) is 0 Å². The van der Waals surface area contributed by atoms with Crippen LogP contribution in [0.2, 0.25) is 0 Å². The molecule has 5 atom stereocenters. The van der Waals surface area contributed by atoms with Crippen molar-refractivity contribution in [1.29, 1.82) is 0 Å². The van der Waals surface area contributed by atoms with Crippen molar-refractivity contribution in [3.8, 4) is 0 Å². The Morgan fingerprint density at radius 1 is 1.00 bits per heavy atom. The van der Waals surface area contributed by atoms with Crippen molar-refractivity contribution >= 4 is 0 Å². The van der Waals surface area contributed by atoms with Gasteiger partial charge in [-0.05, 0) is 0 Å². The molecule has 0 bridgehead atoms. The smallest absolute Gasteiger partial charge is 0.184 e. The molecule has 0 spiro atoms. The van der Waals surface area contributed by atoms with Crippen LogP contribution in [0.5, 0.6) is 0 Å². The molecule has 0 aromatic rings. The molecule has 0 amide bonds. The maximum absolute atomic E-state index is 9.20. The fourth-order valence-electron chi connectivity index (χ4n) is 1.13. The van der Waals surface area contributed by atoms with Crippen molar-refractivity contribution < 1.29 is 25.2 Å². The molecule has 12 heavy (non-hydrogen) atoms. The van der Waals surface area contributed by atoms with Crippen molar-refractivity contribution in [3.63, 3.8) is 0 Å². The first kappa shape index (κ1) is 9.85. The van der Waals surface area contributed by atoms with Gasteiger partial charge in [0.25, 0.3) is 0 Å². The lowest BCUT2D eigenvalue weighted by molar-refractivity contribution is -0.279. The van der Waals surface area contributed by atoms with Crippen LogP contribution in [0.4, 0.5) is 0 Å². The van der Waals surface area contributed by atoms with E-state index in [1.165, 1.54) is 0 Å². The summed E-state index contributed by atoms with van der Waals surface area (Å²) >= 11 is 0. The summed E-state index contributed by atoms with van der Waals surface area (Å²) in [6, 6.07) is 0. The average molecular weight is 179 g/mol. The van der Waals surface area contributed by atoms with Crippen LogP contribution in [0.25, 0.3) is 0 Å². The fraction of sp³-hybridized carbons (Fsp3) is 1.00. The Morgan fingerprint density at radius 2 is 1.58 bits per heavy atom. The standard InChI is InChI=1S/C6H13NO5/c7-1-2-3(8)4(9)5(10)6(11)12-2/h2-6,8-11H,1,7H2/t2-,3-,4+,5+,6?/m0/s1. The Hall–Kier alpha value is -0.240. The van der Waals surface area contributed by atoms with Gasteiger partial charge in [0.2, 0.25) is 0 Å². The van der Waals surface area contributed by atoms with Crippen molar-refractivity contribution in [3.05, 3.63) is 0 Å². The molecule has 0 radical (unpaired) electrons. The Balaban J connectivity index is 2.63. The molecule has 0 aliphatic carbocycles. The van der Waals surface area contributed by atoms with Gasteiger partial charge in [0.1, 0.15) is 24.4 Å². The highest BCUT2D eigenvalue weighted by Gasteiger charge is 2.42. The molecule has 1 heterocycles. The van der Waals surface area contributed by atoms with Crippen molar-refractivity contribution in [1.82, 2.24) is 0 Å². The first-order valence-corrected chi connectivity index (χ1v) is 3.65. The third-order valence-corrected chi connectivity index (χ3v) is 1.92. The third kappa shape index (κ3) is 1.58. The minimum atomic E-state index is -1.49. The van der Waals surface area contributed by atoms with Crippen molar-refractivity contribution in [2.45, 2.75) is 30.7 Å². The summed E-state index contributed by atoms with van der Waals surface area (Å²) in [5, 5.41) is 36.3. The third-order valence-electron chi connectivity index (χ3n) is 1.92. The second kappa shape index (κ2) is 3.65. The zero-order valence-corrected chi connectivity index (χ0v) is 6.37. The topological polar surface area (TPSA) is 116 Å². The zero-order valence-electron chi connectivity index (χ0n) is 6.37. The fourth-order valence-corrected chi connectivity index (χ4v) is 1.13. The molecule has 6 N–H and O–H groups in total. The molecule has 1 fully saturated rings. The quantitative estimate of drug-likeness (QED) is 0.288. The van der Waals surface area contributed by atoms with Crippen LogP contribution < -0.4 is 5.73 Å². The highest BCUT2D eigenvalue weighted by molar-refractivity contribution is 4.88. The summed E-state index contributed by atoms with van der Waals surface area (Å²) in [6.07, 6.45) is -6.48. The normalized spacial score (nSPS) is 49.2. The maximum Gasteiger partial charge on any atom is 0.184 e. The van der Waals surface area contributed by atoms with Crippen molar-refractivity contribution in [2.24, 2.45) is 5.73 Å². The lowest BCUT2D eigenvalue weighted by atomic mass is 9.99. The number of aliphatic hydroxyl groups is 4. The first-order valence-electron chi connectivity index (χ1n) is 3.65. The highest BCUT2D eigenvalue weighted by atomic mass is 16.6. The second-order valence-corrected chi connectivity index (χ2v) is 2.77. The summed E-state index contributed by atoms with van der Waals surface area (Å²) in [5.41, 5.74) is 5.17. The average Bonchev–Trinajstić information content (AvgIpc) is 2.08. The highest BCUT2D eigenvalue weighted by Crippen LogP contribution is 2.18. The van der Waals surface area contributed by atoms with Gasteiger partial charge in [-0.3, -0.25) is 0 Å². The maximum atomic E-state index is 9.20. The SMILES string of the molecule is NC[C@@H]1OC(O)[C@H](O)[C@H](O)[C@H]1O. The van der Waals surface area contributed by atoms with Crippen LogP contribution in [0.1, 0.15) is 0 Å². The van der Waals surface area contributed by atoms with Gasteiger partial charge in [0.05, 0.1) is 0 Å². The van der Waals surface area contributed by atoms with Crippen LogP contribution in [-0.2, 0) is 4.74 Å². The van der Waals surface area contributed by atoms with Gasteiger partial charge in [-0.1, -0.05) is 0 Å². The number of rotatable bonds is 1. The van der Waals surface area contributed by atoms with Gasteiger partial charge in [0, 0.05) is 6.54 Å². The number of hydrogen-bond acceptors (Lipinski definition) is 6. The Labute approximate surface area is 69.2 Å². The molecule has 6 nitrogen and oxygen atoms in total. The summed E-state index contributed by atoms with van der Waals surface area (Å²) in [4.78, 5) is 0. The number of nitrogens with two attached hydrogens (primary N) is 1. The molecule has 1 unspecified atom stereocenters. The van der Waals surface area contributed by atoms with Crippen LogP contribution in [0.3, 0.4) is 0 Å². The molecule has 1 saturated heterocycles. The van der Waals surface area contributed by atoms with E-state index in [0.29, 0.717) is 0 Å². The van der Waals surface area contributed by atoms with Gasteiger partial charge in [-0.25, -0.2) is 0 Å². The predicted octanol–water partition coefficient (Wildman–Crippen LogP) is -3.25. The monoisotopic (exact) mass is 179 g/mol. The van der Waals surface area contributed by atoms with Gasteiger partial charge >= 0.3 is 0 Å². The molecule has 72 valence electrons. The molecular formula is C6H13NO5. The van der Waals surface area contributed by atoms with E-state index >= 15 is 0 Å². The molecule has 0 aromatic heterocycles. The molecule has 6 heteroatoms. The molecule has 0 saturated carbocycles. The Morgan fingerprint density at radius 3 is 2.08 bits per heavy atom. The minimum absolute atomic E-state index is 0.0258. The molecule has 0 aromatic carbocycles. The summed E-state index contributed by atoms with van der Waals surface area (Å²) in [5.74, 6) is 0. The van der Waals surface area contributed by atoms with Gasteiger partial charge in [-0.2, -0.15) is 0 Å². The van der Waals surface area contributed by atoms with Crippen LogP contribution in [0, 0.1) is 0 Å². The van der Waals surface area contributed by atoms with E-state index in [2.05, 4.69) is 0 Å². The van der Waals surface area contributed by atoms with Crippen LogP contribution >= 0.6 is 0 Å². The molecule has 1 aliphatic heterocycles. The van der Waals surface area contributed by atoms with Gasteiger partial charge < -0.3 is 30.9 Å². The summed E-state index contributed by atoms with van der Waals surface area (Å²) in [7, 11) is 0. The van der Waals surface area contributed by atoms with E-state index in [9.17, 15) is 5.11 Å². The van der Waals surface area contributed by atoms with E-state index in [4.69, 9.17) is 25.8 Å². The second-order valence-electron chi connectivity index (χ2n) is 2.77.